The molecule has 2 heterocycles. The lowest BCUT2D eigenvalue weighted by molar-refractivity contribution is 0.102. The smallest absolute Gasteiger partial charge is 0.255 e. The third-order valence-corrected chi connectivity index (χ3v) is 4.50. The summed E-state index contributed by atoms with van der Waals surface area (Å²) in [6.45, 7) is 0. The van der Waals surface area contributed by atoms with Crippen molar-refractivity contribution in [3.05, 3.63) is 89.7 Å². The largest absolute Gasteiger partial charge is 0.345 e. The van der Waals surface area contributed by atoms with Crippen LogP contribution in [0, 0.1) is 5.82 Å². The minimum atomic E-state index is -0.567. The highest BCUT2D eigenvalue weighted by molar-refractivity contribution is 6.33. The highest BCUT2D eigenvalue weighted by Crippen LogP contribution is 2.28. The van der Waals surface area contributed by atoms with E-state index in [-0.39, 0.29) is 11.1 Å². The Morgan fingerprint density at radius 1 is 1.11 bits per heavy atom. The normalized spacial score (nSPS) is 10.6. The molecule has 28 heavy (non-hydrogen) atoms. The molecule has 0 saturated carbocycles. The first-order chi connectivity index (χ1) is 13.6. The minimum Gasteiger partial charge on any atom is -0.345 e. The van der Waals surface area contributed by atoms with Crippen LogP contribution in [-0.4, -0.2) is 20.9 Å². The van der Waals surface area contributed by atoms with Gasteiger partial charge in [-0.15, -0.1) is 0 Å². The number of carbonyl (C=O) groups is 1. The van der Waals surface area contributed by atoms with Gasteiger partial charge in [-0.3, -0.25) is 9.78 Å². The van der Waals surface area contributed by atoms with Crippen LogP contribution < -0.4 is 5.32 Å². The van der Waals surface area contributed by atoms with E-state index in [0.29, 0.717) is 16.4 Å². The number of halogens is 2. The Morgan fingerprint density at radius 2 is 1.93 bits per heavy atom. The number of hydrogen-bond acceptors (Lipinski definition) is 3. The SMILES string of the molecule is O=C(Nc1ccc(-c2cnc[nH]2)cc1)c1ccc(-c2ncccc2Cl)c(F)c1. The second-order valence-electron chi connectivity index (χ2n) is 6.03. The van der Waals surface area contributed by atoms with E-state index in [0.717, 1.165) is 11.3 Å². The van der Waals surface area contributed by atoms with Crippen LogP contribution in [-0.2, 0) is 0 Å². The standard InChI is InChI=1S/C21H14ClFN4O/c22-17-2-1-9-25-20(17)16-8-5-14(10-18(16)23)21(28)27-15-6-3-13(4-7-15)19-11-24-12-26-19/h1-12H,(H,24,26)(H,27,28). The Morgan fingerprint density at radius 3 is 2.61 bits per heavy atom. The summed E-state index contributed by atoms with van der Waals surface area (Å²) in [4.78, 5) is 23.6. The molecular formula is C21H14ClFN4O. The van der Waals surface area contributed by atoms with Crippen molar-refractivity contribution in [2.75, 3.05) is 5.32 Å². The first-order valence-electron chi connectivity index (χ1n) is 8.42. The summed E-state index contributed by atoms with van der Waals surface area (Å²) in [6.07, 6.45) is 4.85. The predicted molar refractivity (Wildman–Crippen MR) is 107 cm³/mol. The molecule has 2 N–H and O–H groups in total. The first kappa shape index (κ1) is 17.9. The van der Waals surface area contributed by atoms with Gasteiger partial charge in [0.05, 0.1) is 28.9 Å². The maximum absolute atomic E-state index is 14.5. The molecule has 1 amide bonds. The molecule has 0 aliphatic rings. The van der Waals surface area contributed by atoms with Gasteiger partial charge in [-0.1, -0.05) is 23.7 Å². The van der Waals surface area contributed by atoms with Crippen molar-refractivity contribution < 1.29 is 9.18 Å². The Balaban J connectivity index is 1.52. The average molecular weight is 393 g/mol. The summed E-state index contributed by atoms with van der Waals surface area (Å²) in [5.41, 5.74) is 3.20. The van der Waals surface area contributed by atoms with E-state index in [9.17, 15) is 9.18 Å². The van der Waals surface area contributed by atoms with Gasteiger partial charge in [0.2, 0.25) is 0 Å². The number of carbonyl (C=O) groups excluding carboxylic acids is 1. The second-order valence-corrected chi connectivity index (χ2v) is 6.43. The van der Waals surface area contributed by atoms with E-state index in [2.05, 4.69) is 20.3 Å². The monoisotopic (exact) mass is 392 g/mol. The number of aromatic amines is 1. The Hall–Kier alpha value is -3.51. The first-order valence-corrected chi connectivity index (χ1v) is 8.80. The summed E-state index contributed by atoms with van der Waals surface area (Å²) < 4.78 is 14.5. The van der Waals surface area contributed by atoms with E-state index in [1.54, 1.807) is 36.8 Å². The maximum atomic E-state index is 14.5. The number of H-pyrrole nitrogens is 1. The Bertz CT molecular complexity index is 1130. The number of amides is 1. The second kappa shape index (κ2) is 7.62. The van der Waals surface area contributed by atoms with Gasteiger partial charge in [-0.2, -0.15) is 0 Å². The summed E-state index contributed by atoms with van der Waals surface area (Å²) in [5, 5.41) is 3.10. The van der Waals surface area contributed by atoms with E-state index in [4.69, 9.17) is 11.6 Å². The third kappa shape index (κ3) is 3.63. The van der Waals surface area contributed by atoms with Crippen molar-refractivity contribution in [2.45, 2.75) is 0 Å². The summed E-state index contributed by atoms with van der Waals surface area (Å²) >= 11 is 6.08. The fourth-order valence-electron chi connectivity index (χ4n) is 2.78. The van der Waals surface area contributed by atoms with Gasteiger partial charge in [-0.05, 0) is 48.0 Å². The van der Waals surface area contributed by atoms with Crippen molar-refractivity contribution in [1.82, 2.24) is 15.0 Å². The number of hydrogen-bond donors (Lipinski definition) is 2. The number of anilines is 1. The highest BCUT2D eigenvalue weighted by atomic mass is 35.5. The topological polar surface area (TPSA) is 70.7 Å². The van der Waals surface area contributed by atoms with Crippen molar-refractivity contribution in [2.24, 2.45) is 0 Å². The Kier molecular flexibility index (Phi) is 4.87. The molecule has 0 aliphatic heterocycles. The minimum absolute atomic E-state index is 0.200. The maximum Gasteiger partial charge on any atom is 0.255 e. The molecule has 138 valence electrons. The molecule has 0 spiro atoms. The van der Waals surface area contributed by atoms with E-state index >= 15 is 0 Å². The van der Waals surface area contributed by atoms with Crippen LogP contribution in [0.1, 0.15) is 10.4 Å². The zero-order chi connectivity index (χ0) is 19.5. The average Bonchev–Trinajstić information content (AvgIpc) is 3.24. The van der Waals surface area contributed by atoms with Crippen LogP contribution in [0.4, 0.5) is 10.1 Å². The summed E-state index contributed by atoms with van der Waals surface area (Å²) in [5.74, 6) is -0.977. The van der Waals surface area contributed by atoms with Gasteiger partial charge in [0.1, 0.15) is 5.82 Å². The predicted octanol–water partition coefficient (Wildman–Crippen LogP) is 5.18. The van der Waals surface area contributed by atoms with Crippen molar-refractivity contribution in [1.29, 1.82) is 0 Å². The number of aromatic nitrogens is 3. The van der Waals surface area contributed by atoms with Gasteiger partial charge < -0.3 is 10.3 Å². The molecule has 2 aromatic carbocycles. The van der Waals surface area contributed by atoms with E-state index in [1.807, 2.05) is 12.1 Å². The number of benzene rings is 2. The molecule has 7 heteroatoms. The van der Waals surface area contributed by atoms with E-state index in [1.165, 1.54) is 24.4 Å². The number of rotatable bonds is 4. The lowest BCUT2D eigenvalue weighted by Crippen LogP contribution is -2.12. The third-order valence-electron chi connectivity index (χ3n) is 4.20. The van der Waals surface area contributed by atoms with Crippen LogP contribution >= 0.6 is 11.6 Å². The number of pyridine rings is 1. The van der Waals surface area contributed by atoms with Gasteiger partial charge >= 0.3 is 0 Å². The van der Waals surface area contributed by atoms with Crippen molar-refractivity contribution >= 4 is 23.2 Å². The molecule has 0 radical (unpaired) electrons. The fourth-order valence-corrected chi connectivity index (χ4v) is 3.01. The van der Waals surface area contributed by atoms with Crippen LogP contribution in [0.3, 0.4) is 0 Å². The van der Waals surface area contributed by atoms with Gasteiger partial charge in [0.25, 0.3) is 5.91 Å². The van der Waals surface area contributed by atoms with Crippen LogP contribution in [0.15, 0.2) is 73.3 Å². The highest BCUT2D eigenvalue weighted by Gasteiger charge is 2.14. The van der Waals surface area contributed by atoms with Gasteiger partial charge in [0.15, 0.2) is 0 Å². The molecule has 5 nitrogen and oxygen atoms in total. The molecule has 2 aromatic heterocycles. The van der Waals surface area contributed by atoms with Crippen molar-refractivity contribution in [3.8, 4) is 22.5 Å². The Labute approximate surface area is 165 Å². The van der Waals surface area contributed by atoms with Crippen LogP contribution in [0.5, 0.6) is 0 Å². The zero-order valence-electron chi connectivity index (χ0n) is 14.5. The molecule has 0 unspecified atom stereocenters. The lowest BCUT2D eigenvalue weighted by atomic mass is 10.1. The molecule has 4 rings (SSSR count). The summed E-state index contributed by atoms with van der Waals surface area (Å²) in [6, 6.07) is 14.8. The number of nitrogens with zero attached hydrogens (tertiary/aromatic N) is 2. The molecule has 0 fully saturated rings. The summed E-state index contributed by atoms with van der Waals surface area (Å²) in [7, 11) is 0. The zero-order valence-corrected chi connectivity index (χ0v) is 15.2. The molecule has 0 aliphatic carbocycles. The molecule has 4 aromatic rings. The molecule has 0 saturated heterocycles. The van der Waals surface area contributed by atoms with E-state index < -0.39 is 11.7 Å². The molecular weight excluding hydrogens is 379 g/mol. The molecule has 0 bridgehead atoms. The van der Waals surface area contributed by atoms with Crippen LogP contribution in [0.2, 0.25) is 5.02 Å². The van der Waals surface area contributed by atoms with Crippen LogP contribution in [0.25, 0.3) is 22.5 Å². The lowest BCUT2D eigenvalue weighted by Gasteiger charge is -2.09. The van der Waals surface area contributed by atoms with Gasteiger partial charge in [0, 0.05) is 23.0 Å². The fraction of sp³-hybridized carbons (Fsp3) is 0. The number of nitrogens with one attached hydrogen (secondary N) is 2. The quantitative estimate of drug-likeness (QED) is 0.502. The van der Waals surface area contributed by atoms with Crippen molar-refractivity contribution in [3.63, 3.8) is 0 Å². The molecule has 0 atom stereocenters. The number of imidazole rings is 1. The van der Waals surface area contributed by atoms with Gasteiger partial charge in [-0.25, -0.2) is 9.37 Å².